The fourth-order valence-corrected chi connectivity index (χ4v) is 4.51. The third-order valence-corrected chi connectivity index (χ3v) is 6.42. The zero-order valence-corrected chi connectivity index (χ0v) is 18.0. The molecule has 1 amide bonds. The third kappa shape index (κ3) is 5.24. The Balaban J connectivity index is 1.26. The van der Waals surface area contributed by atoms with Gasteiger partial charge in [-0.25, -0.2) is 0 Å². The van der Waals surface area contributed by atoms with Crippen LogP contribution in [0.5, 0.6) is 0 Å². The highest BCUT2D eigenvalue weighted by Crippen LogP contribution is 2.24. The molecule has 0 atom stereocenters. The molecule has 6 heteroatoms. The number of amides is 1. The van der Waals surface area contributed by atoms with Gasteiger partial charge < -0.3 is 16.0 Å². The van der Waals surface area contributed by atoms with Crippen LogP contribution in [0.15, 0.2) is 45.5 Å². The maximum Gasteiger partial charge on any atom is 0.253 e. The summed E-state index contributed by atoms with van der Waals surface area (Å²) in [5.41, 5.74) is 2.96. The van der Waals surface area contributed by atoms with E-state index in [1.807, 2.05) is 12.1 Å². The van der Waals surface area contributed by atoms with Gasteiger partial charge in [0.1, 0.15) is 11.4 Å². The largest absolute Gasteiger partial charge is 0.377 e. The summed E-state index contributed by atoms with van der Waals surface area (Å²) in [7, 11) is 0. The van der Waals surface area contributed by atoms with E-state index in [4.69, 9.17) is 0 Å². The molecule has 2 aromatic carbocycles. The number of benzene rings is 1. The molecule has 31 heavy (non-hydrogen) atoms. The summed E-state index contributed by atoms with van der Waals surface area (Å²) >= 11 is 0. The summed E-state index contributed by atoms with van der Waals surface area (Å²) in [6.45, 7) is 1.09. The van der Waals surface area contributed by atoms with E-state index in [0.717, 1.165) is 50.5 Å². The van der Waals surface area contributed by atoms with Crippen molar-refractivity contribution in [2.75, 3.05) is 17.2 Å². The zero-order chi connectivity index (χ0) is 21.6. The molecule has 0 spiro atoms. The highest BCUT2D eigenvalue weighted by molar-refractivity contribution is 5.94. The number of rotatable bonds is 9. The predicted molar refractivity (Wildman–Crippen MR) is 125 cm³/mol. The molecule has 0 aliphatic heterocycles. The van der Waals surface area contributed by atoms with Gasteiger partial charge in [-0.15, -0.1) is 0 Å². The SMILES string of the molecule is O=C(NCCC1=CCCCC1)c1ccc(CNc2c(NC3CCCC3)c(=O)c2=O)cc1. The molecule has 6 nitrogen and oxygen atoms in total. The van der Waals surface area contributed by atoms with Crippen LogP contribution in [0.4, 0.5) is 11.4 Å². The smallest absolute Gasteiger partial charge is 0.253 e. The van der Waals surface area contributed by atoms with Crippen molar-refractivity contribution in [2.45, 2.75) is 70.4 Å². The van der Waals surface area contributed by atoms with Crippen molar-refractivity contribution in [3.8, 4) is 0 Å². The Morgan fingerprint density at radius 3 is 2.39 bits per heavy atom. The average molecular weight is 422 g/mol. The van der Waals surface area contributed by atoms with Crippen molar-refractivity contribution in [1.29, 1.82) is 0 Å². The molecule has 1 fully saturated rings. The second kappa shape index (κ2) is 9.94. The Labute approximate surface area is 182 Å². The number of nitrogens with one attached hydrogen (secondary N) is 3. The van der Waals surface area contributed by atoms with Crippen LogP contribution in [0.2, 0.25) is 0 Å². The monoisotopic (exact) mass is 421 g/mol. The summed E-state index contributed by atoms with van der Waals surface area (Å²) in [6, 6.07) is 7.64. The van der Waals surface area contributed by atoms with Crippen molar-refractivity contribution in [1.82, 2.24) is 5.32 Å². The van der Waals surface area contributed by atoms with Gasteiger partial charge in [-0.1, -0.05) is 36.6 Å². The minimum absolute atomic E-state index is 0.0681. The number of carbonyl (C=O) groups is 1. The molecule has 0 radical (unpaired) electrons. The van der Waals surface area contributed by atoms with Crippen molar-refractivity contribution in [3.05, 3.63) is 67.5 Å². The molecule has 2 aromatic rings. The van der Waals surface area contributed by atoms with E-state index in [0.29, 0.717) is 30.0 Å². The van der Waals surface area contributed by atoms with E-state index in [9.17, 15) is 14.4 Å². The Hall–Kier alpha value is -2.89. The summed E-state index contributed by atoms with van der Waals surface area (Å²) in [5, 5.41) is 9.33. The molecule has 2 aliphatic carbocycles. The number of carbonyl (C=O) groups excluding carboxylic acids is 1. The first-order valence-electron chi connectivity index (χ1n) is 11.5. The normalized spacial score (nSPS) is 16.8. The lowest BCUT2D eigenvalue weighted by atomic mass is 9.97. The Morgan fingerprint density at radius 1 is 0.935 bits per heavy atom. The molecule has 3 N–H and O–H groups in total. The number of hydrogen-bond acceptors (Lipinski definition) is 5. The second-order valence-electron chi connectivity index (χ2n) is 8.70. The molecule has 0 unspecified atom stereocenters. The van der Waals surface area contributed by atoms with Crippen LogP contribution in [0.3, 0.4) is 0 Å². The van der Waals surface area contributed by atoms with Crippen LogP contribution in [0, 0.1) is 0 Å². The van der Waals surface area contributed by atoms with Gasteiger partial charge in [-0.05, 0) is 62.6 Å². The van der Waals surface area contributed by atoms with E-state index in [-0.39, 0.29) is 11.9 Å². The molecule has 164 valence electrons. The minimum Gasteiger partial charge on any atom is -0.377 e. The molecule has 0 bridgehead atoms. The van der Waals surface area contributed by atoms with Gasteiger partial charge in [0.05, 0.1) is 0 Å². The second-order valence-corrected chi connectivity index (χ2v) is 8.70. The lowest BCUT2D eigenvalue weighted by molar-refractivity contribution is 0.0954. The molecular weight excluding hydrogens is 390 g/mol. The Kier molecular flexibility index (Phi) is 6.85. The van der Waals surface area contributed by atoms with Gasteiger partial charge in [-0.2, -0.15) is 0 Å². The molecule has 2 aliphatic rings. The lowest BCUT2D eigenvalue weighted by Gasteiger charge is -2.18. The number of anilines is 2. The first-order valence-corrected chi connectivity index (χ1v) is 11.5. The van der Waals surface area contributed by atoms with Gasteiger partial charge in [-0.3, -0.25) is 14.4 Å². The average Bonchev–Trinajstić information content (AvgIpc) is 3.32. The van der Waals surface area contributed by atoms with E-state index < -0.39 is 10.9 Å². The first kappa shape index (κ1) is 21.3. The zero-order valence-electron chi connectivity index (χ0n) is 18.0. The van der Waals surface area contributed by atoms with Gasteiger partial charge in [0.25, 0.3) is 16.8 Å². The van der Waals surface area contributed by atoms with Crippen LogP contribution in [0.25, 0.3) is 0 Å². The van der Waals surface area contributed by atoms with Crippen LogP contribution < -0.4 is 26.8 Å². The first-order chi connectivity index (χ1) is 15.1. The molecule has 0 aromatic heterocycles. The van der Waals surface area contributed by atoms with Crippen molar-refractivity contribution < 1.29 is 4.79 Å². The van der Waals surface area contributed by atoms with Crippen LogP contribution in [0.1, 0.15) is 73.7 Å². The number of hydrogen-bond donors (Lipinski definition) is 3. The highest BCUT2D eigenvalue weighted by atomic mass is 16.2. The van der Waals surface area contributed by atoms with Gasteiger partial charge in [0.15, 0.2) is 0 Å². The summed E-state index contributed by atoms with van der Waals surface area (Å²) in [6.07, 6.45) is 12.5. The van der Waals surface area contributed by atoms with E-state index in [1.165, 1.54) is 18.4 Å². The molecule has 4 rings (SSSR count). The highest BCUT2D eigenvalue weighted by Gasteiger charge is 2.24. The molecule has 0 saturated heterocycles. The minimum atomic E-state index is -0.454. The summed E-state index contributed by atoms with van der Waals surface area (Å²) in [5.74, 6) is -0.0681. The molecule has 0 heterocycles. The van der Waals surface area contributed by atoms with Gasteiger partial charge in [0, 0.05) is 24.7 Å². The lowest BCUT2D eigenvalue weighted by Crippen LogP contribution is -2.39. The fraction of sp³-hybridized carbons (Fsp3) is 0.480. The quantitative estimate of drug-likeness (QED) is 0.423. The van der Waals surface area contributed by atoms with Crippen LogP contribution in [-0.2, 0) is 6.54 Å². The maximum atomic E-state index is 12.4. The molecule has 1 saturated carbocycles. The predicted octanol–water partition coefficient (Wildman–Crippen LogP) is 3.87. The standard InChI is InChI=1S/C25H31N3O3/c29-23-21(22(24(23)30)28-20-8-4-5-9-20)27-16-18-10-12-19(13-11-18)25(31)26-15-14-17-6-2-1-3-7-17/h6,10-13,20,27-28H,1-5,7-9,14-16H2,(H,26,31). The Morgan fingerprint density at radius 2 is 1.68 bits per heavy atom. The molecular formula is C25H31N3O3. The van der Waals surface area contributed by atoms with Gasteiger partial charge in [0.2, 0.25) is 0 Å². The number of allylic oxidation sites excluding steroid dienone is 1. The van der Waals surface area contributed by atoms with Gasteiger partial charge >= 0.3 is 0 Å². The van der Waals surface area contributed by atoms with E-state index >= 15 is 0 Å². The van der Waals surface area contributed by atoms with Crippen molar-refractivity contribution >= 4 is 17.3 Å². The maximum absolute atomic E-state index is 12.4. The summed E-state index contributed by atoms with van der Waals surface area (Å²) < 4.78 is 0. The third-order valence-electron chi connectivity index (χ3n) is 6.42. The van der Waals surface area contributed by atoms with Crippen LogP contribution in [-0.4, -0.2) is 18.5 Å². The summed E-state index contributed by atoms with van der Waals surface area (Å²) in [4.78, 5) is 36.2. The topological polar surface area (TPSA) is 87.3 Å². The van der Waals surface area contributed by atoms with E-state index in [1.54, 1.807) is 12.1 Å². The van der Waals surface area contributed by atoms with Crippen molar-refractivity contribution in [2.24, 2.45) is 0 Å². The fourth-order valence-electron chi connectivity index (χ4n) is 4.51. The van der Waals surface area contributed by atoms with Crippen molar-refractivity contribution in [3.63, 3.8) is 0 Å². The van der Waals surface area contributed by atoms with Crippen LogP contribution >= 0.6 is 0 Å². The Bertz CT molecular complexity index is 1010. The van der Waals surface area contributed by atoms with E-state index in [2.05, 4.69) is 22.0 Å².